The van der Waals surface area contributed by atoms with E-state index in [4.69, 9.17) is 12.2 Å². The van der Waals surface area contributed by atoms with Crippen molar-refractivity contribution in [2.45, 2.75) is 26.3 Å². The number of hydrogen-bond donors (Lipinski definition) is 3. The Morgan fingerprint density at radius 2 is 2.00 bits per heavy atom. The lowest BCUT2D eigenvalue weighted by Gasteiger charge is -2.09. The van der Waals surface area contributed by atoms with Crippen LogP contribution in [0.25, 0.3) is 10.9 Å². The number of hydrazine groups is 1. The van der Waals surface area contributed by atoms with Gasteiger partial charge in [-0.1, -0.05) is 31.2 Å². The van der Waals surface area contributed by atoms with Gasteiger partial charge in [0, 0.05) is 11.8 Å². The molecule has 3 rings (SSSR count). The highest BCUT2D eigenvalue weighted by molar-refractivity contribution is 7.71. The standard InChI is InChI=1S/C17H18N6O2S/c1-2-5-14-19-22-17(26)23(14)10-15(24)20-21-16(25)13-9-8-11-6-3-4-7-12(11)18-13/h3-4,6-9H,2,5,10H2,1H3,(H,20,24)(H,21,25)(H,22,26). The van der Waals surface area contributed by atoms with Crippen molar-refractivity contribution in [1.82, 2.24) is 30.6 Å². The minimum absolute atomic E-state index is 0.0317. The second-order valence-electron chi connectivity index (χ2n) is 5.67. The van der Waals surface area contributed by atoms with Gasteiger partial charge in [-0.15, -0.1) is 0 Å². The van der Waals surface area contributed by atoms with Gasteiger partial charge in [0.05, 0.1) is 5.52 Å². The lowest BCUT2D eigenvalue weighted by Crippen LogP contribution is -2.43. The first-order valence-corrected chi connectivity index (χ1v) is 8.58. The number of nitrogens with zero attached hydrogens (tertiary/aromatic N) is 3. The van der Waals surface area contributed by atoms with E-state index in [1.165, 1.54) is 0 Å². The van der Waals surface area contributed by atoms with Crippen LogP contribution in [-0.4, -0.2) is 31.6 Å². The number of fused-ring (bicyclic) bond motifs is 1. The third kappa shape index (κ3) is 3.94. The first-order valence-electron chi connectivity index (χ1n) is 8.17. The molecule has 0 aliphatic carbocycles. The topological polar surface area (TPSA) is 105 Å². The summed E-state index contributed by atoms with van der Waals surface area (Å²) < 4.78 is 1.97. The zero-order valence-corrected chi connectivity index (χ0v) is 15.0. The van der Waals surface area contributed by atoms with Gasteiger partial charge in [0.1, 0.15) is 18.1 Å². The minimum Gasteiger partial charge on any atom is -0.295 e. The van der Waals surface area contributed by atoms with Crippen LogP contribution in [0.15, 0.2) is 36.4 Å². The molecule has 134 valence electrons. The van der Waals surface area contributed by atoms with Crippen molar-refractivity contribution in [3.05, 3.63) is 52.7 Å². The lowest BCUT2D eigenvalue weighted by atomic mass is 10.2. The zero-order chi connectivity index (χ0) is 18.5. The van der Waals surface area contributed by atoms with Gasteiger partial charge in [-0.2, -0.15) is 5.10 Å². The SMILES string of the molecule is CCCc1n[nH]c(=S)n1CC(=O)NNC(=O)c1ccc2ccccc2n1. The molecule has 0 fully saturated rings. The summed E-state index contributed by atoms with van der Waals surface area (Å²) in [6, 6.07) is 10.9. The molecule has 0 radical (unpaired) electrons. The summed E-state index contributed by atoms with van der Waals surface area (Å²) in [5.74, 6) is -0.196. The number of aromatic amines is 1. The molecule has 2 aromatic heterocycles. The number of amides is 2. The van der Waals surface area contributed by atoms with E-state index in [2.05, 4.69) is 26.0 Å². The van der Waals surface area contributed by atoms with Crippen LogP contribution in [0.1, 0.15) is 29.7 Å². The number of H-pyrrole nitrogens is 1. The summed E-state index contributed by atoms with van der Waals surface area (Å²) in [6.07, 6.45) is 1.58. The third-order valence-corrected chi connectivity index (χ3v) is 4.07. The molecule has 3 N–H and O–H groups in total. The summed E-state index contributed by atoms with van der Waals surface area (Å²) in [6.45, 7) is 1.98. The van der Waals surface area contributed by atoms with Crippen LogP contribution in [0.3, 0.4) is 0 Å². The maximum absolute atomic E-state index is 12.2. The first kappa shape index (κ1) is 17.7. The van der Waals surface area contributed by atoms with Crippen LogP contribution >= 0.6 is 12.2 Å². The number of para-hydroxylation sites is 1. The maximum Gasteiger partial charge on any atom is 0.288 e. The zero-order valence-electron chi connectivity index (χ0n) is 14.2. The summed E-state index contributed by atoms with van der Waals surface area (Å²) in [4.78, 5) is 28.6. The molecule has 1 aromatic carbocycles. The largest absolute Gasteiger partial charge is 0.295 e. The van der Waals surface area contributed by atoms with Crippen molar-refractivity contribution >= 4 is 34.9 Å². The van der Waals surface area contributed by atoms with Crippen molar-refractivity contribution < 1.29 is 9.59 Å². The molecule has 0 saturated heterocycles. The van der Waals surface area contributed by atoms with Crippen LogP contribution in [0.2, 0.25) is 0 Å². The Balaban J connectivity index is 1.62. The molecule has 9 heteroatoms. The number of nitrogens with one attached hydrogen (secondary N) is 3. The van der Waals surface area contributed by atoms with Crippen molar-refractivity contribution in [1.29, 1.82) is 0 Å². The molecule has 0 bridgehead atoms. The van der Waals surface area contributed by atoms with Gasteiger partial charge in [0.25, 0.3) is 11.8 Å². The Morgan fingerprint density at radius 3 is 2.81 bits per heavy atom. The monoisotopic (exact) mass is 370 g/mol. The van der Waals surface area contributed by atoms with Gasteiger partial charge in [0.2, 0.25) is 0 Å². The Bertz CT molecular complexity index is 1010. The normalized spacial score (nSPS) is 10.7. The Hall–Kier alpha value is -3.07. The first-order chi connectivity index (χ1) is 12.6. The van der Waals surface area contributed by atoms with Crippen LogP contribution in [0, 0.1) is 4.77 Å². The van der Waals surface area contributed by atoms with Crippen LogP contribution in [0.5, 0.6) is 0 Å². The number of hydrogen-bond acceptors (Lipinski definition) is 5. The summed E-state index contributed by atoms with van der Waals surface area (Å²) >= 11 is 5.13. The predicted octanol–water partition coefficient (Wildman–Crippen LogP) is 1.90. The van der Waals surface area contributed by atoms with Crippen molar-refractivity contribution in [2.24, 2.45) is 0 Å². The van der Waals surface area contributed by atoms with Gasteiger partial charge in [0.15, 0.2) is 4.77 Å². The average Bonchev–Trinajstić information content (AvgIpc) is 2.99. The smallest absolute Gasteiger partial charge is 0.288 e. The van der Waals surface area contributed by atoms with E-state index in [0.717, 1.165) is 11.8 Å². The predicted molar refractivity (Wildman–Crippen MR) is 98.8 cm³/mol. The van der Waals surface area contributed by atoms with E-state index < -0.39 is 11.8 Å². The van der Waals surface area contributed by atoms with Gasteiger partial charge >= 0.3 is 0 Å². The molecule has 0 unspecified atom stereocenters. The van der Waals surface area contributed by atoms with Gasteiger partial charge in [-0.3, -0.25) is 30.1 Å². The molecule has 2 amide bonds. The number of aryl methyl sites for hydroxylation is 1. The fourth-order valence-electron chi connectivity index (χ4n) is 2.49. The lowest BCUT2D eigenvalue weighted by molar-refractivity contribution is -0.122. The van der Waals surface area contributed by atoms with Gasteiger partial charge < -0.3 is 0 Å². The van der Waals surface area contributed by atoms with Gasteiger partial charge in [-0.05, 0) is 30.8 Å². The maximum atomic E-state index is 12.2. The molecule has 2 heterocycles. The number of benzene rings is 1. The number of carbonyl (C=O) groups excluding carboxylic acids is 2. The second kappa shape index (κ2) is 7.87. The van der Waals surface area contributed by atoms with E-state index in [-0.39, 0.29) is 12.2 Å². The van der Waals surface area contributed by atoms with Crippen LogP contribution in [0.4, 0.5) is 0 Å². The van der Waals surface area contributed by atoms with E-state index in [0.29, 0.717) is 22.5 Å². The molecule has 0 spiro atoms. The Morgan fingerprint density at radius 1 is 1.19 bits per heavy atom. The van der Waals surface area contributed by atoms with E-state index in [9.17, 15) is 9.59 Å². The number of aromatic nitrogens is 4. The van der Waals surface area contributed by atoms with Crippen molar-refractivity contribution in [3.63, 3.8) is 0 Å². The molecule has 8 nitrogen and oxygen atoms in total. The highest BCUT2D eigenvalue weighted by atomic mass is 32.1. The molecule has 0 saturated carbocycles. The van der Waals surface area contributed by atoms with E-state index in [1.807, 2.05) is 31.2 Å². The van der Waals surface area contributed by atoms with Crippen molar-refractivity contribution in [2.75, 3.05) is 0 Å². The molecular formula is C17H18N6O2S. The van der Waals surface area contributed by atoms with E-state index >= 15 is 0 Å². The molecule has 0 aliphatic heterocycles. The quantitative estimate of drug-likeness (QED) is 0.470. The highest BCUT2D eigenvalue weighted by Gasteiger charge is 2.12. The number of rotatable bonds is 5. The highest BCUT2D eigenvalue weighted by Crippen LogP contribution is 2.11. The van der Waals surface area contributed by atoms with Gasteiger partial charge in [-0.25, -0.2) is 4.98 Å². The molecule has 26 heavy (non-hydrogen) atoms. The molecule has 0 atom stereocenters. The van der Waals surface area contributed by atoms with E-state index in [1.54, 1.807) is 16.7 Å². The summed E-state index contributed by atoms with van der Waals surface area (Å²) in [5.41, 5.74) is 5.67. The van der Waals surface area contributed by atoms with Crippen LogP contribution in [-0.2, 0) is 17.8 Å². The summed E-state index contributed by atoms with van der Waals surface area (Å²) in [7, 11) is 0. The molecular weight excluding hydrogens is 352 g/mol. The van der Waals surface area contributed by atoms with Crippen LogP contribution < -0.4 is 10.9 Å². The Kier molecular flexibility index (Phi) is 5.37. The fraction of sp³-hybridized carbons (Fsp3) is 0.235. The Labute approximate surface area is 154 Å². The minimum atomic E-state index is -0.492. The van der Waals surface area contributed by atoms with Crippen molar-refractivity contribution in [3.8, 4) is 0 Å². The second-order valence-corrected chi connectivity index (χ2v) is 6.06. The molecule has 0 aliphatic rings. The number of pyridine rings is 1. The third-order valence-electron chi connectivity index (χ3n) is 3.76. The fourth-order valence-corrected chi connectivity index (χ4v) is 2.71. The number of carbonyl (C=O) groups is 2. The average molecular weight is 370 g/mol. The molecule has 3 aromatic rings. The summed E-state index contributed by atoms with van der Waals surface area (Å²) in [5, 5.41) is 7.71.